The fourth-order valence-electron chi connectivity index (χ4n) is 0. The summed E-state index contributed by atoms with van der Waals surface area (Å²) in [6.45, 7) is 2.14. The number of rotatable bonds is 0. The Balaban J connectivity index is 0. The molecule has 0 atom stereocenters. The first-order valence-electron chi connectivity index (χ1n) is 1.65. The fourth-order valence-corrected chi connectivity index (χ4v) is 0. The summed E-state index contributed by atoms with van der Waals surface area (Å²) in [4.78, 5) is 0. The van der Waals surface area contributed by atoms with E-state index in [1.165, 1.54) is 4.55 Å². The van der Waals surface area contributed by atoms with E-state index in [0.717, 1.165) is 0 Å². The largest absolute Gasteiger partial charge is 1.41 e. The van der Waals surface area contributed by atoms with Gasteiger partial charge < -0.3 is 0 Å². The van der Waals surface area contributed by atoms with Gasteiger partial charge in [-0.15, -0.1) is 0 Å². The zero-order valence-electron chi connectivity index (χ0n) is 3.86. The lowest BCUT2D eigenvalue weighted by Crippen LogP contribution is -1.41. The Kier molecular flexibility index (Phi) is 36.6. The quantitative estimate of drug-likeness (QED) is 0.343. The maximum Gasteiger partial charge on any atom is 1.41 e. The summed E-state index contributed by atoms with van der Waals surface area (Å²) in [5, 5.41) is 0. The second kappa shape index (κ2) is 19.4. The van der Waals surface area contributed by atoms with Gasteiger partial charge in [-0.05, 0) is 6.26 Å². The summed E-state index contributed by atoms with van der Waals surface area (Å²) < 4.78 is 1.28. The van der Waals surface area contributed by atoms with Crippen molar-refractivity contribution in [1.82, 2.24) is 0 Å². The van der Waals surface area contributed by atoms with Crippen LogP contribution in [-0.4, -0.2) is 28.0 Å². The molecule has 0 nitrogen and oxygen atoms in total. The molecule has 7 radical (unpaired) electrons. The van der Waals surface area contributed by atoms with Gasteiger partial charge in [-0.3, -0.25) is 0 Å². The predicted molar refractivity (Wildman–Crippen MR) is 31.1 cm³/mol. The number of hydrogen-bond donors (Lipinski definition) is 1. The molecule has 0 saturated heterocycles. The molecule has 5 heavy (non-hydrogen) atoms. The fraction of sp³-hybridized carbons (Fsp3) is 1.00. The molecular formula is C3H9MgS+2. The van der Waals surface area contributed by atoms with Gasteiger partial charge in [-0.2, -0.15) is 12.6 Å². The summed E-state index contributed by atoms with van der Waals surface area (Å²) in [7, 11) is 0. The van der Waals surface area contributed by atoms with Crippen LogP contribution in [0.5, 0.6) is 0 Å². The normalized spacial score (nSPS) is 4.80. The van der Waals surface area contributed by atoms with Crippen LogP contribution in [0.15, 0.2) is 0 Å². The van der Waals surface area contributed by atoms with Crippen molar-refractivity contribution < 1.29 is 0 Å². The van der Waals surface area contributed by atoms with Crippen molar-refractivity contribution in [2.24, 2.45) is 0 Å². The van der Waals surface area contributed by atoms with E-state index in [9.17, 15) is 0 Å². The average Bonchev–Trinajstić information content (AvgIpc) is 1.46. The van der Waals surface area contributed by atoms with Crippen molar-refractivity contribution in [3.05, 3.63) is 0 Å². The van der Waals surface area contributed by atoms with Crippen molar-refractivity contribution in [3.8, 4) is 0 Å². The number of hydrogen-bond acceptors (Lipinski definition) is 1. The van der Waals surface area contributed by atoms with E-state index in [2.05, 4.69) is 19.6 Å². The van der Waals surface area contributed by atoms with Crippen LogP contribution in [0.2, 0.25) is 4.55 Å². The monoisotopic (exact) mass is 101 g/mol. The summed E-state index contributed by atoms with van der Waals surface area (Å²) in [6.07, 6.45) is 1.69. The second-order valence-electron chi connectivity index (χ2n) is 0.500. The first kappa shape index (κ1) is 9.45. The minimum atomic E-state index is 1.28. The Morgan fingerprint density at radius 2 is 1.60 bits per heavy atom. The highest BCUT2D eigenvalue weighted by atomic mass is 32.1. The Hall–Kier alpha value is 1.12. The number of thiol groups is 1. The van der Waals surface area contributed by atoms with E-state index >= 15 is 0 Å². The third kappa shape index (κ3) is 39.9. The highest BCUT2D eigenvalue weighted by Gasteiger charge is 2.13. The van der Waals surface area contributed by atoms with Crippen LogP contribution in [0.4, 0.5) is 0 Å². The van der Waals surface area contributed by atoms with Crippen molar-refractivity contribution >= 4 is 34.3 Å². The molecule has 0 N–H and O–H groups in total. The predicted octanol–water partition coefficient (Wildman–Crippen LogP) is 1.14. The molecule has 0 aromatic heterocycles. The second-order valence-corrected chi connectivity index (χ2v) is 1.50. The van der Waals surface area contributed by atoms with Gasteiger partial charge in [0.15, 0.2) is 0 Å². The van der Waals surface area contributed by atoms with Crippen LogP contribution >= 0.6 is 12.6 Å². The minimum absolute atomic E-state index is 1.28. The molecule has 0 amide bonds. The Bertz CT molecular complexity index is 6.85. The molecule has 0 spiro atoms. The molecule has 27 valence electrons. The summed E-state index contributed by atoms with van der Waals surface area (Å²) in [5.41, 5.74) is 0. The standard InChI is InChI=1S/C2H5.CH4S.Mg/c2*1-2;/h1H2,2H3;2H,1H3;/q;;+2. The zero-order valence-corrected chi connectivity index (χ0v) is 6.17. The van der Waals surface area contributed by atoms with Gasteiger partial charge in [0.1, 0.15) is 0 Å². The molecule has 0 saturated carbocycles. The molecule has 0 aliphatic carbocycles. The summed E-state index contributed by atoms with van der Waals surface area (Å²) in [6, 6.07) is 0. The molecule has 0 aliphatic heterocycles. The van der Waals surface area contributed by atoms with Crippen molar-refractivity contribution in [2.45, 2.75) is 11.5 Å². The van der Waals surface area contributed by atoms with E-state index in [1.54, 1.807) is 6.26 Å². The van der Waals surface area contributed by atoms with E-state index in [1.807, 2.05) is 21.7 Å². The highest BCUT2D eigenvalue weighted by molar-refractivity contribution is 7.79. The van der Waals surface area contributed by atoms with Crippen molar-refractivity contribution in [3.63, 3.8) is 0 Å². The van der Waals surface area contributed by atoms with Crippen LogP contribution < -0.4 is 0 Å². The lowest BCUT2D eigenvalue weighted by atomic mass is 11.0. The van der Waals surface area contributed by atoms with Crippen LogP contribution in [0.3, 0.4) is 0 Å². The molecule has 0 heterocycles. The first-order valence-corrected chi connectivity index (χ1v) is 3.55. The van der Waals surface area contributed by atoms with E-state index in [4.69, 9.17) is 0 Å². The van der Waals surface area contributed by atoms with Gasteiger partial charge in [0.05, 0.1) is 0 Å². The molecule has 2 heteroatoms. The molecule has 0 rings (SSSR count). The van der Waals surface area contributed by atoms with Gasteiger partial charge in [-0.1, -0.05) is 0 Å². The molecule has 0 bridgehead atoms. The third-order valence-electron chi connectivity index (χ3n) is 0. The molecule has 0 fully saturated rings. The maximum absolute atomic E-state index is 3.53. The molecular weight excluding hydrogens is 92.4 g/mol. The first-order chi connectivity index (χ1) is 2.41. The highest BCUT2D eigenvalue weighted by Crippen LogP contribution is 1.49. The van der Waals surface area contributed by atoms with E-state index in [-0.39, 0.29) is 0 Å². The van der Waals surface area contributed by atoms with Gasteiger partial charge in [0, 0.05) is 6.92 Å². The van der Waals surface area contributed by atoms with Gasteiger partial charge in [0.2, 0.25) is 0 Å². The van der Waals surface area contributed by atoms with Crippen molar-refractivity contribution in [2.75, 3.05) is 6.26 Å². The van der Waals surface area contributed by atoms with E-state index in [0.29, 0.717) is 0 Å². The van der Waals surface area contributed by atoms with Gasteiger partial charge in [0.25, 0.3) is 4.55 Å². The average molecular weight is 101 g/mol. The smallest absolute Gasteiger partial charge is 0.183 e. The summed E-state index contributed by atoms with van der Waals surface area (Å²) >= 11 is 5.50. The van der Waals surface area contributed by atoms with Gasteiger partial charge >= 0.3 is 21.7 Å². The molecule has 0 aromatic rings. The Labute approximate surface area is 52.2 Å². The van der Waals surface area contributed by atoms with Crippen LogP contribution in [0.1, 0.15) is 6.92 Å². The summed E-state index contributed by atoms with van der Waals surface area (Å²) in [5.74, 6) is 0. The van der Waals surface area contributed by atoms with Crippen LogP contribution in [0, 0.1) is 0 Å². The topological polar surface area (TPSA) is 0 Å². The van der Waals surface area contributed by atoms with Gasteiger partial charge in [-0.25, -0.2) is 0 Å². The van der Waals surface area contributed by atoms with Crippen molar-refractivity contribution in [1.29, 1.82) is 0 Å². The lowest BCUT2D eigenvalue weighted by molar-refractivity contribution is 1.48. The zero-order chi connectivity index (χ0) is 4.71. The molecule has 0 aromatic carbocycles. The van der Waals surface area contributed by atoms with Crippen LogP contribution in [0.25, 0.3) is 0 Å². The third-order valence-corrected chi connectivity index (χ3v) is 0. The molecule has 0 unspecified atom stereocenters. The Morgan fingerprint density at radius 1 is 1.60 bits per heavy atom. The Morgan fingerprint density at radius 3 is 1.60 bits per heavy atom. The van der Waals surface area contributed by atoms with E-state index < -0.39 is 0 Å². The lowest BCUT2D eigenvalue weighted by Gasteiger charge is -1.11. The maximum atomic E-state index is 3.53. The molecule has 0 aliphatic rings. The minimum Gasteiger partial charge on any atom is -0.183 e. The SMILES string of the molecule is CS.C[CH2][Mg+2]. The van der Waals surface area contributed by atoms with Crippen LogP contribution in [-0.2, 0) is 0 Å².